The van der Waals surface area contributed by atoms with Crippen LogP contribution < -0.4 is 5.32 Å². The molecule has 0 spiro atoms. The van der Waals surface area contributed by atoms with Crippen LogP contribution in [0.25, 0.3) is 0 Å². The van der Waals surface area contributed by atoms with Crippen LogP contribution in [0.15, 0.2) is 48.5 Å². The highest BCUT2D eigenvalue weighted by molar-refractivity contribution is 5.93. The third-order valence-corrected chi connectivity index (χ3v) is 5.18. The Bertz CT molecular complexity index is 911. The van der Waals surface area contributed by atoms with Crippen molar-refractivity contribution in [3.05, 3.63) is 69.8 Å². The minimum Gasteiger partial charge on any atom is -0.320 e. The van der Waals surface area contributed by atoms with Gasteiger partial charge in [0.15, 0.2) is 0 Å². The minimum atomic E-state index is -4.33. The van der Waals surface area contributed by atoms with Crippen LogP contribution in [-0.4, -0.2) is 53.4 Å². The van der Waals surface area contributed by atoms with E-state index in [2.05, 4.69) is 15.1 Å². The highest BCUT2D eigenvalue weighted by Crippen LogP contribution is 2.29. The lowest BCUT2D eigenvalue weighted by Crippen LogP contribution is -2.46. The average molecular weight is 436 g/mol. The van der Waals surface area contributed by atoms with Gasteiger partial charge in [-0.25, -0.2) is 0 Å². The Morgan fingerprint density at radius 1 is 1.00 bits per heavy atom. The van der Waals surface area contributed by atoms with Gasteiger partial charge in [-0.1, -0.05) is 24.3 Å². The van der Waals surface area contributed by atoms with E-state index < -0.39 is 16.7 Å². The van der Waals surface area contributed by atoms with Crippen molar-refractivity contribution in [2.45, 2.75) is 19.1 Å². The van der Waals surface area contributed by atoms with Crippen molar-refractivity contribution in [1.82, 2.24) is 9.80 Å². The summed E-state index contributed by atoms with van der Waals surface area (Å²) in [7, 11) is 0. The normalized spacial score (nSPS) is 15.6. The van der Waals surface area contributed by atoms with Crippen molar-refractivity contribution in [1.29, 1.82) is 0 Å². The number of hydrogen-bond donors (Lipinski definition) is 1. The first-order valence-corrected chi connectivity index (χ1v) is 9.86. The molecule has 10 heteroatoms. The second-order valence-electron chi connectivity index (χ2n) is 7.38. The fraction of sp³-hybridized carbons (Fsp3) is 0.381. The molecule has 1 heterocycles. The molecule has 0 aliphatic carbocycles. The topological polar surface area (TPSA) is 78.7 Å². The number of alkyl halides is 3. The lowest BCUT2D eigenvalue weighted by Gasteiger charge is -2.34. The van der Waals surface area contributed by atoms with Crippen molar-refractivity contribution in [3.63, 3.8) is 0 Å². The quantitative estimate of drug-likeness (QED) is 0.528. The van der Waals surface area contributed by atoms with Gasteiger partial charge in [0, 0.05) is 51.8 Å². The number of nitro groups is 1. The zero-order valence-corrected chi connectivity index (χ0v) is 16.8. The maximum Gasteiger partial charge on any atom is 0.416 e. The number of nitrogens with one attached hydrogen (secondary N) is 1. The number of piperazine rings is 1. The zero-order valence-electron chi connectivity index (χ0n) is 16.8. The van der Waals surface area contributed by atoms with Gasteiger partial charge in [-0.15, -0.1) is 0 Å². The molecule has 1 fully saturated rings. The SMILES string of the molecule is O=C(CCN1CCN(Cc2ccc(C(F)(F)F)cc2)CC1)Nc1ccccc1[N+](=O)[O-]. The van der Waals surface area contributed by atoms with Crippen LogP contribution in [0.4, 0.5) is 24.5 Å². The Labute approximate surface area is 177 Å². The Kier molecular flexibility index (Phi) is 7.24. The molecule has 1 aliphatic heterocycles. The van der Waals surface area contributed by atoms with Gasteiger partial charge in [0.25, 0.3) is 5.69 Å². The van der Waals surface area contributed by atoms with E-state index in [1.165, 1.54) is 30.3 Å². The molecule has 0 aromatic heterocycles. The number of benzene rings is 2. The third kappa shape index (κ3) is 6.50. The van der Waals surface area contributed by atoms with Crippen LogP contribution in [0.1, 0.15) is 17.5 Å². The maximum atomic E-state index is 12.7. The van der Waals surface area contributed by atoms with E-state index in [1.807, 2.05) is 0 Å². The van der Waals surface area contributed by atoms with Crippen LogP contribution in [-0.2, 0) is 17.5 Å². The van der Waals surface area contributed by atoms with Crippen molar-refractivity contribution in [2.24, 2.45) is 0 Å². The van der Waals surface area contributed by atoms with E-state index in [1.54, 1.807) is 6.07 Å². The summed E-state index contributed by atoms with van der Waals surface area (Å²) in [5, 5.41) is 13.6. The fourth-order valence-corrected chi connectivity index (χ4v) is 3.44. The van der Waals surface area contributed by atoms with Crippen molar-refractivity contribution < 1.29 is 22.9 Å². The van der Waals surface area contributed by atoms with Gasteiger partial charge in [-0.05, 0) is 23.8 Å². The van der Waals surface area contributed by atoms with E-state index in [4.69, 9.17) is 0 Å². The second-order valence-corrected chi connectivity index (χ2v) is 7.38. The number of carbonyl (C=O) groups is 1. The molecule has 7 nitrogen and oxygen atoms in total. The molecule has 0 saturated carbocycles. The van der Waals surface area contributed by atoms with Crippen LogP contribution in [0.5, 0.6) is 0 Å². The molecular weight excluding hydrogens is 413 g/mol. The first kappa shape index (κ1) is 22.7. The van der Waals surface area contributed by atoms with Crippen LogP contribution in [0.2, 0.25) is 0 Å². The molecule has 3 rings (SSSR count). The van der Waals surface area contributed by atoms with Crippen LogP contribution in [0.3, 0.4) is 0 Å². The largest absolute Gasteiger partial charge is 0.416 e. The van der Waals surface area contributed by atoms with Crippen molar-refractivity contribution in [2.75, 3.05) is 38.0 Å². The molecule has 0 radical (unpaired) electrons. The molecule has 31 heavy (non-hydrogen) atoms. The summed E-state index contributed by atoms with van der Waals surface area (Å²) >= 11 is 0. The molecular formula is C21H23F3N4O3. The van der Waals surface area contributed by atoms with Gasteiger partial charge >= 0.3 is 6.18 Å². The number of anilines is 1. The van der Waals surface area contributed by atoms with E-state index >= 15 is 0 Å². The number of nitro benzene ring substituents is 1. The standard InChI is InChI=1S/C21H23F3N4O3/c22-21(23,24)17-7-5-16(6-8-17)15-27-13-11-26(12-14-27)10-9-20(29)25-18-3-1-2-4-19(18)28(30)31/h1-8H,9-15H2,(H,25,29). The Balaban J connectivity index is 1.41. The molecule has 166 valence electrons. The van der Waals surface area contributed by atoms with Gasteiger partial charge in [0.1, 0.15) is 5.69 Å². The van der Waals surface area contributed by atoms with Crippen LogP contribution in [0, 0.1) is 10.1 Å². The Morgan fingerprint density at radius 2 is 1.61 bits per heavy atom. The summed E-state index contributed by atoms with van der Waals surface area (Å²) in [6.45, 7) is 4.06. The van der Waals surface area contributed by atoms with Gasteiger partial charge in [-0.2, -0.15) is 13.2 Å². The highest BCUT2D eigenvalue weighted by Gasteiger charge is 2.30. The van der Waals surface area contributed by atoms with Crippen molar-refractivity contribution in [3.8, 4) is 0 Å². The predicted octanol–water partition coefficient (Wildman–Crippen LogP) is 3.76. The summed E-state index contributed by atoms with van der Waals surface area (Å²) in [5.41, 5.74) is 0.206. The highest BCUT2D eigenvalue weighted by atomic mass is 19.4. The smallest absolute Gasteiger partial charge is 0.320 e. The minimum absolute atomic E-state index is 0.146. The van der Waals surface area contributed by atoms with E-state index in [-0.39, 0.29) is 23.7 Å². The molecule has 2 aromatic carbocycles. The predicted molar refractivity (Wildman–Crippen MR) is 110 cm³/mol. The summed E-state index contributed by atoms with van der Waals surface area (Å²) in [6, 6.07) is 11.2. The zero-order chi connectivity index (χ0) is 22.4. The number of para-hydroxylation sites is 2. The Hall–Kier alpha value is -2.98. The number of carbonyl (C=O) groups excluding carboxylic acids is 1. The van der Waals surface area contributed by atoms with Gasteiger partial charge in [0.2, 0.25) is 5.91 Å². The number of hydrogen-bond acceptors (Lipinski definition) is 5. The number of nitrogens with zero attached hydrogens (tertiary/aromatic N) is 3. The van der Waals surface area contributed by atoms with Gasteiger partial charge in [0.05, 0.1) is 10.5 Å². The van der Waals surface area contributed by atoms with Gasteiger partial charge < -0.3 is 10.2 Å². The molecule has 0 unspecified atom stereocenters. The van der Waals surface area contributed by atoms with E-state index in [0.717, 1.165) is 43.9 Å². The summed E-state index contributed by atoms with van der Waals surface area (Å²) in [4.78, 5) is 27.0. The number of rotatable bonds is 7. The molecule has 1 amide bonds. The molecule has 2 aromatic rings. The lowest BCUT2D eigenvalue weighted by molar-refractivity contribution is -0.383. The molecule has 0 atom stereocenters. The number of amides is 1. The monoisotopic (exact) mass is 436 g/mol. The molecule has 1 N–H and O–H groups in total. The molecule has 0 bridgehead atoms. The second kappa shape index (κ2) is 9.88. The number of halogens is 3. The lowest BCUT2D eigenvalue weighted by atomic mass is 10.1. The van der Waals surface area contributed by atoms with Gasteiger partial charge in [-0.3, -0.25) is 19.8 Å². The summed E-state index contributed by atoms with van der Waals surface area (Å²) < 4.78 is 38.0. The van der Waals surface area contributed by atoms with E-state index in [0.29, 0.717) is 13.1 Å². The molecule has 1 saturated heterocycles. The first-order valence-electron chi connectivity index (χ1n) is 9.86. The average Bonchev–Trinajstić information content (AvgIpc) is 2.73. The van der Waals surface area contributed by atoms with Crippen molar-refractivity contribution >= 4 is 17.3 Å². The van der Waals surface area contributed by atoms with Crippen LogP contribution >= 0.6 is 0 Å². The third-order valence-electron chi connectivity index (χ3n) is 5.18. The molecule has 1 aliphatic rings. The van der Waals surface area contributed by atoms with E-state index in [9.17, 15) is 28.1 Å². The fourth-order valence-electron chi connectivity index (χ4n) is 3.44. The first-order chi connectivity index (χ1) is 14.7. The Morgan fingerprint density at radius 3 is 2.23 bits per heavy atom. The maximum absolute atomic E-state index is 12.7. The summed E-state index contributed by atoms with van der Waals surface area (Å²) in [5.74, 6) is -0.290. The summed E-state index contributed by atoms with van der Waals surface area (Å²) in [6.07, 6.45) is -4.12.